The van der Waals surface area contributed by atoms with Crippen molar-refractivity contribution in [3.8, 4) is 5.75 Å². The Morgan fingerprint density at radius 3 is 2.95 bits per heavy atom. The zero-order valence-corrected chi connectivity index (χ0v) is 12.2. The highest BCUT2D eigenvalue weighted by Gasteiger charge is 2.12. The number of thiazole rings is 1. The number of amides is 1. The third-order valence-corrected chi connectivity index (χ3v) is 3.88. The summed E-state index contributed by atoms with van der Waals surface area (Å²) < 4.78 is 5.10. The van der Waals surface area contributed by atoms with Gasteiger partial charge < -0.3 is 15.8 Å². The van der Waals surface area contributed by atoms with Crippen LogP contribution in [0.25, 0.3) is 0 Å². The lowest BCUT2D eigenvalue weighted by atomic mass is 10.1. The van der Waals surface area contributed by atoms with E-state index >= 15 is 0 Å². The quantitative estimate of drug-likeness (QED) is 0.828. The van der Waals surface area contributed by atoms with Crippen molar-refractivity contribution < 1.29 is 9.53 Å². The van der Waals surface area contributed by atoms with Gasteiger partial charge in [0.25, 0.3) is 5.91 Å². The molecule has 0 aliphatic heterocycles. The number of aromatic nitrogens is 1. The van der Waals surface area contributed by atoms with E-state index in [1.165, 1.54) is 0 Å². The number of nitrogens with zero attached hydrogens (tertiary/aromatic N) is 1. The molecule has 1 amide bonds. The van der Waals surface area contributed by atoms with Crippen molar-refractivity contribution in [3.05, 3.63) is 40.3 Å². The van der Waals surface area contributed by atoms with Gasteiger partial charge in [-0.1, -0.05) is 6.92 Å². The van der Waals surface area contributed by atoms with Crippen LogP contribution in [-0.4, -0.2) is 24.5 Å². The van der Waals surface area contributed by atoms with E-state index in [1.807, 2.05) is 12.3 Å². The van der Waals surface area contributed by atoms with Crippen LogP contribution < -0.4 is 15.8 Å². The predicted molar refractivity (Wildman–Crippen MR) is 80.3 cm³/mol. The summed E-state index contributed by atoms with van der Waals surface area (Å²) in [6.45, 7) is 2.56. The molecule has 0 bridgehead atoms. The topological polar surface area (TPSA) is 77.2 Å². The summed E-state index contributed by atoms with van der Waals surface area (Å²) in [5.74, 6) is 0.587. The summed E-state index contributed by atoms with van der Waals surface area (Å²) in [6.07, 6.45) is 1.76. The highest BCUT2D eigenvalue weighted by atomic mass is 32.1. The molecule has 5 nitrogen and oxygen atoms in total. The summed E-state index contributed by atoms with van der Waals surface area (Å²) >= 11 is 1.58. The lowest BCUT2D eigenvalue weighted by molar-refractivity contribution is 0.0951. The lowest BCUT2D eigenvalue weighted by Crippen LogP contribution is -2.27. The zero-order valence-electron chi connectivity index (χ0n) is 11.4. The molecule has 0 aliphatic carbocycles. The van der Waals surface area contributed by atoms with E-state index in [2.05, 4.69) is 10.3 Å². The highest BCUT2D eigenvalue weighted by molar-refractivity contribution is 7.09. The molecule has 106 valence electrons. The van der Waals surface area contributed by atoms with Crippen LogP contribution in [0.1, 0.15) is 28.2 Å². The molecule has 0 saturated heterocycles. The number of nitrogen functional groups attached to an aromatic ring is 1. The van der Waals surface area contributed by atoms with Gasteiger partial charge in [0.05, 0.1) is 12.1 Å². The van der Waals surface area contributed by atoms with Crippen molar-refractivity contribution >= 4 is 22.9 Å². The van der Waals surface area contributed by atoms with E-state index in [9.17, 15) is 4.79 Å². The fraction of sp³-hybridized carbons (Fsp3) is 0.286. The smallest absolute Gasteiger partial charge is 0.251 e. The van der Waals surface area contributed by atoms with Gasteiger partial charge in [-0.15, -0.1) is 11.3 Å². The number of ether oxygens (including phenoxy) is 1. The summed E-state index contributed by atoms with van der Waals surface area (Å²) in [4.78, 5) is 16.3. The molecular formula is C14H17N3O2S. The minimum atomic E-state index is -0.168. The predicted octanol–water partition coefficient (Wildman–Crippen LogP) is 2.27. The molecule has 20 heavy (non-hydrogen) atoms. The molecule has 0 radical (unpaired) electrons. The molecule has 2 rings (SSSR count). The van der Waals surface area contributed by atoms with Gasteiger partial charge in [0.2, 0.25) is 0 Å². The minimum Gasteiger partial charge on any atom is -0.497 e. The molecule has 1 aromatic heterocycles. The van der Waals surface area contributed by atoms with E-state index in [0.717, 1.165) is 5.01 Å². The van der Waals surface area contributed by atoms with Crippen molar-refractivity contribution in [2.24, 2.45) is 0 Å². The summed E-state index contributed by atoms with van der Waals surface area (Å²) in [7, 11) is 1.54. The number of anilines is 1. The Morgan fingerprint density at radius 2 is 2.30 bits per heavy atom. The summed E-state index contributed by atoms with van der Waals surface area (Å²) in [5.41, 5.74) is 6.73. The molecule has 3 N–H and O–H groups in total. The average molecular weight is 291 g/mol. The second kappa shape index (κ2) is 6.38. The van der Waals surface area contributed by atoms with Crippen molar-refractivity contribution in [2.75, 3.05) is 19.4 Å². The third-order valence-electron chi connectivity index (χ3n) is 2.87. The van der Waals surface area contributed by atoms with Crippen LogP contribution >= 0.6 is 11.3 Å². The highest BCUT2D eigenvalue weighted by Crippen LogP contribution is 2.19. The first-order valence-corrected chi connectivity index (χ1v) is 7.10. The number of carbonyl (C=O) groups excluding carboxylic acids is 1. The normalized spacial score (nSPS) is 11.9. The average Bonchev–Trinajstić information content (AvgIpc) is 2.97. The van der Waals surface area contributed by atoms with Crippen LogP contribution in [0, 0.1) is 0 Å². The summed E-state index contributed by atoms with van der Waals surface area (Å²) in [6, 6.07) is 4.97. The maximum absolute atomic E-state index is 12.1. The Morgan fingerprint density at radius 1 is 1.50 bits per heavy atom. The van der Waals surface area contributed by atoms with Gasteiger partial charge in [-0.3, -0.25) is 4.79 Å². The number of rotatable bonds is 5. The Kier molecular flexibility index (Phi) is 4.57. The number of methoxy groups -OCH3 is 1. The molecule has 1 aromatic carbocycles. The van der Waals surface area contributed by atoms with Gasteiger partial charge in [-0.2, -0.15) is 0 Å². The van der Waals surface area contributed by atoms with Gasteiger partial charge in [-0.05, 0) is 12.1 Å². The van der Waals surface area contributed by atoms with E-state index in [1.54, 1.807) is 42.8 Å². The lowest BCUT2D eigenvalue weighted by Gasteiger charge is -2.11. The second-order valence-electron chi connectivity index (χ2n) is 4.48. The van der Waals surface area contributed by atoms with Gasteiger partial charge in [0, 0.05) is 41.4 Å². The number of nitrogens with one attached hydrogen (secondary N) is 1. The first-order valence-electron chi connectivity index (χ1n) is 6.22. The minimum absolute atomic E-state index is 0.168. The van der Waals surface area contributed by atoms with E-state index in [0.29, 0.717) is 23.5 Å². The molecular weight excluding hydrogens is 274 g/mol. The van der Waals surface area contributed by atoms with Gasteiger partial charge in [0.15, 0.2) is 0 Å². The number of nitrogens with two attached hydrogens (primary N) is 1. The fourth-order valence-electron chi connectivity index (χ4n) is 1.78. The molecule has 6 heteroatoms. The SMILES string of the molecule is COc1cc(N)cc(C(=O)NCC(C)c2nccs2)c1. The Balaban J connectivity index is 2.00. The molecule has 0 saturated carbocycles. The van der Waals surface area contributed by atoms with Crippen molar-refractivity contribution in [1.29, 1.82) is 0 Å². The Labute approximate surface area is 121 Å². The summed E-state index contributed by atoms with van der Waals surface area (Å²) in [5, 5.41) is 5.82. The number of hydrogen-bond acceptors (Lipinski definition) is 5. The van der Waals surface area contributed by atoms with Crippen LogP contribution in [-0.2, 0) is 0 Å². The first kappa shape index (κ1) is 14.3. The molecule has 0 spiro atoms. The van der Waals surface area contributed by atoms with Gasteiger partial charge in [-0.25, -0.2) is 4.98 Å². The molecule has 1 unspecified atom stereocenters. The maximum atomic E-state index is 12.1. The standard InChI is InChI=1S/C14H17N3O2S/c1-9(14-16-3-4-20-14)8-17-13(18)10-5-11(15)7-12(6-10)19-2/h3-7,9H,8,15H2,1-2H3,(H,17,18). The fourth-order valence-corrected chi connectivity index (χ4v) is 2.48. The molecule has 2 aromatic rings. The Hall–Kier alpha value is -2.08. The monoisotopic (exact) mass is 291 g/mol. The van der Waals surface area contributed by atoms with Crippen LogP contribution in [0.4, 0.5) is 5.69 Å². The number of hydrogen-bond donors (Lipinski definition) is 2. The third kappa shape index (κ3) is 3.48. The second-order valence-corrected chi connectivity index (χ2v) is 5.40. The maximum Gasteiger partial charge on any atom is 0.251 e. The van der Waals surface area contributed by atoms with E-state index in [-0.39, 0.29) is 11.8 Å². The van der Waals surface area contributed by atoms with Crippen LogP contribution in [0.2, 0.25) is 0 Å². The first-order chi connectivity index (χ1) is 9.60. The number of carbonyl (C=O) groups is 1. The van der Waals surface area contributed by atoms with Gasteiger partial charge >= 0.3 is 0 Å². The molecule has 1 heterocycles. The van der Waals surface area contributed by atoms with Crippen LogP contribution in [0.3, 0.4) is 0 Å². The van der Waals surface area contributed by atoms with Crippen LogP contribution in [0.5, 0.6) is 5.75 Å². The van der Waals surface area contributed by atoms with Crippen molar-refractivity contribution in [1.82, 2.24) is 10.3 Å². The van der Waals surface area contributed by atoms with Gasteiger partial charge in [0.1, 0.15) is 5.75 Å². The Bertz CT molecular complexity index is 584. The molecule has 0 fully saturated rings. The van der Waals surface area contributed by atoms with E-state index in [4.69, 9.17) is 10.5 Å². The zero-order chi connectivity index (χ0) is 14.5. The van der Waals surface area contributed by atoms with Crippen molar-refractivity contribution in [3.63, 3.8) is 0 Å². The largest absolute Gasteiger partial charge is 0.497 e. The number of benzene rings is 1. The van der Waals surface area contributed by atoms with E-state index < -0.39 is 0 Å². The van der Waals surface area contributed by atoms with Crippen molar-refractivity contribution in [2.45, 2.75) is 12.8 Å². The molecule has 1 atom stereocenters. The van der Waals surface area contributed by atoms with Crippen LogP contribution in [0.15, 0.2) is 29.8 Å². The molecule has 0 aliphatic rings.